The minimum Gasteiger partial charge on any atom is -0.376 e. The predicted octanol–water partition coefficient (Wildman–Crippen LogP) is 1.69. The van der Waals surface area contributed by atoms with Crippen LogP contribution in [0.4, 0.5) is 8.78 Å². The standard InChI is InChI=1S/C13H18F2N2O/c1-9-8-17(4-5-18-9)13(7-16)11-3-2-10(14)6-12(11)15/h2-3,6,9,13H,4-5,7-8,16H2,1H3. The van der Waals surface area contributed by atoms with E-state index in [0.717, 1.165) is 6.07 Å². The quantitative estimate of drug-likeness (QED) is 0.894. The molecule has 0 radical (unpaired) electrons. The molecule has 0 saturated carbocycles. The van der Waals surface area contributed by atoms with Gasteiger partial charge in [0.15, 0.2) is 0 Å². The van der Waals surface area contributed by atoms with Crippen molar-refractivity contribution < 1.29 is 13.5 Å². The monoisotopic (exact) mass is 256 g/mol. The van der Waals surface area contributed by atoms with Gasteiger partial charge in [0, 0.05) is 31.3 Å². The first kappa shape index (κ1) is 13.4. The van der Waals surface area contributed by atoms with Crippen molar-refractivity contribution in [3.05, 3.63) is 35.4 Å². The zero-order valence-corrected chi connectivity index (χ0v) is 10.4. The number of halogens is 2. The summed E-state index contributed by atoms with van der Waals surface area (Å²) in [6.45, 7) is 4.30. The second-order valence-electron chi connectivity index (χ2n) is 4.59. The predicted molar refractivity (Wildman–Crippen MR) is 65.1 cm³/mol. The minimum absolute atomic E-state index is 0.108. The summed E-state index contributed by atoms with van der Waals surface area (Å²) in [5.41, 5.74) is 6.20. The number of benzene rings is 1. The van der Waals surface area contributed by atoms with Gasteiger partial charge < -0.3 is 10.5 Å². The SMILES string of the molecule is CC1CN(C(CN)c2ccc(F)cc2F)CCO1. The van der Waals surface area contributed by atoms with Crippen LogP contribution in [0.25, 0.3) is 0 Å². The van der Waals surface area contributed by atoms with E-state index in [1.807, 2.05) is 6.92 Å². The summed E-state index contributed by atoms with van der Waals surface area (Å²) in [6, 6.07) is 3.42. The zero-order valence-electron chi connectivity index (χ0n) is 10.4. The van der Waals surface area contributed by atoms with Gasteiger partial charge in [-0.15, -0.1) is 0 Å². The molecule has 2 unspecified atom stereocenters. The van der Waals surface area contributed by atoms with E-state index in [2.05, 4.69) is 4.90 Å². The van der Waals surface area contributed by atoms with Crippen molar-refractivity contribution in [3.8, 4) is 0 Å². The Balaban J connectivity index is 2.21. The Kier molecular flexibility index (Phi) is 4.27. The summed E-state index contributed by atoms with van der Waals surface area (Å²) in [5.74, 6) is -1.10. The number of ether oxygens (including phenoxy) is 1. The summed E-state index contributed by atoms with van der Waals surface area (Å²) >= 11 is 0. The number of nitrogens with two attached hydrogens (primary N) is 1. The average molecular weight is 256 g/mol. The molecule has 2 rings (SSSR count). The molecule has 1 aromatic carbocycles. The first-order valence-electron chi connectivity index (χ1n) is 6.12. The number of hydrogen-bond donors (Lipinski definition) is 1. The number of nitrogens with zero attached hydrogens (tertiary/aromatic N) is 1. The van der Waals surface area contributed by atoms with Gasteiger partial charge in [0.2, 0.25) is 0 Å². The topological polar surface area (TPSA) is 38.5 Å². The Bertz CT molecular complexity index is 414. The normalized spacial score (nSPS) is 23.0. The molecule has 3 nitrogen and oxygen atoms in total. The van der Waals surface area contributed by atoms with Crippen molar-refractivity contribution in [1.82, 2.24) is 4.90 Å². The highest BCUT2D eigenvalue weighted by molar-refractivity contribution is 5.22. The highest BCUT2D eigenvalue weighted by Crippen LogP contribution is 2.25. The Morgan fingerprint density at radius 1 is 1.50 bits per heavy atom. The van der Waals surface area contributed by atoms with Gasteiger partial charge in [-0.05, 0) is 13.0 Å². The average Bonchev–Trinajstić information content (AvgIpc) is 2.33. The molecular formula is C13H18F2N2O. The Hall–Kier alpha value is -1.04. The second-order valence-corrected chi connectivity index (χ2v) is 4.59. The Morgan fingerprint density at radius 2 is 2.28 bits per heavy atom. The van der Waals surface area contributed by atoms with Gasteiger partial charge >= 0.3 is 0 Å². The van der Waals surface area contributed by atoms with E-state index >= 15 is 0 Å². The first-order chi connectivity index (χ1) is 8.61. The van der Waals surface area contributed by atoms with E-state index in [1.165, 1.54) is 12.1 Å². The molecule has 2 atom stereocenters. The van der Waals surface area contributed by atoms with E-state index in [0.29, 0.717) is 31.8 Å². The third-order valence-electron chi connectivity index (χ3n) is 3.26. The van der Waals surface area contributed by atoms with Gasteiger partial charge in [-0.1, -0.05) is 6.07 Å². The van der Waals surface area contributed by atoms with Crippen molar-refractivity contribution in [2.45, 2.75) is 19.1 Å². The maximum absolute atomic E-state index is 13.8. The maximum Gasteiger partial charge on any atom is 0.130 e. The third-order valence-corrected chi connectivity index (χ3v) is 3.26. The van der Waals surface area contributed by atoms with Crippen LogP contribution in [0, 0.1) is 11.6 Å². The molecule has 0 aliphatic carbocycles. The van der Waals surface area contributed by atoms with Crippen LogP contribution < -0.4 is 5.73 Å². The molecule has 0 aromatic heterocycles. The van der Waals surface area contributed by atoms with Crippen LogP contribution in [-0.2, 0) is 4.74 Å². The number of rotatable bonds is 3. The summed E-state index contributed by atoms with van der Waals surface area (Å²) in [4.78, 5) is 2.09. The first-order valence-corrected chi connectivity index (χ1v) is 6.12. The fraction of sp³-hybridized carbons (Fsp3) is 0.538. The van der Waals surface area contributed by atoms with Crippen molar-refractivity contribution >= 4 is 0 Å². The van der Waals surface area contributed by atoms with E-state index in [-0.39, 0.29) is 12.1 Å². The van der Waals surface area contributed by atoms with Crippen molar-refractivity contribution in [1.29, 1.82) is 0 Å². The summed E-state index contributed by atoms with van der Waals surface area (Å²) in [7, 11) is 0. The Morgan fingerprint density at radius 3 is 2.89 bits per heavy atom. The van der Waals surface area contributed by atoms with Crippen LogP contribution in [0.15, 0.2) is 18.2 Å². The summed E-state index contributed by atoms with van der Waals surface area (Å²) < 4.78 is 32.2. The van der Waals surface area contributed by atoms with Gasteiger partial charge in [0.25, 0.3) is 0 Å². The van der Waals surface area contributed by atoms with Crippen LogP contribution >= 0.6 is 0 Å². The smallest absolute Gasteiger partial charge is 0.130 e. The lowest BCUT2D eigenvalue weighted by Gasteiger charge is -2.37. The molecule has 1 fully saturated rings. The van der Waals surface area contributed by atoms with Crippen LogP contribution in [0.2, 0.25) is 0 Å². The van der Waals surface area contributed by atoms with Gasteiger partial charge in [-0.25, -0.2) is 8.78 Å². The molecule has 0 spiro atoms. The minimum atomic E-state index is -0.567. The van der Waals surface area contributed by atoms with Gasteiger partial charge in [0.05, 0.1) is 18.8 Å². The van der Waals surface area contributed by atoms with E-state index in [9.17, 15) is 8.78 Å². The lowest BCUT2D eigenvalue weighted by atomic mass is 10.0. The second kappa shape index (κ2) is 5.73. The largest absolute Gasteiger partial charge is 0.376 e. The van der Waals surface area contributed by atoms with Gasteiger partial charge in [-0.2, -0.15) is 0 Å². The van der Waals surface area contributed by atoms with Gasteiger partial charge in [0.1, 0.15) is 11.6 Å². The molecule has 0 bridgehead atoms. The highest BCUT2D eigenvalue weighted by Gasteiger charge is 2.26. The molecule has 0 amide bonds. The molecule has 5 heteroatoms. The molecular weight excluding hydrogens is 238 g/mol. The summed E-state index contributed by atoms with van der Waals surface area (Å²) in [6.07, 6.45) is 0.108. The zero-order chi connectivity index (χ0) is 13.1. The Labute approximate surface area is 106 Å². The molecule has 1 aromatic rings. The van der Waals surface area contributed by atoms with Crippen LogP contribution in [0.1, 0.15) is 18.5 Å². The fourth-order valence-electron chi connectivity index (χ4n) is 2.37. The lowest BCUT2D eigenvalue weighted by Crippen LogP contribution is -2.45. The van der Waals surface area contributed by atoms with E-state index in [1.54, 1.807) is 0 Å². The van der Waals surface area contributed by atoms with Crippen LogP contribution in [-0.4, -0.2) is 37.2 Å². The molecule has 18 heavy (non-hydrogen) atoms. The maximum atomic E-state index is 13.8. The fourth-order valence-corrected chi connectivity index (χ4v) is 2.37. The van der Waals surface area contributed by atoms with Crippen molar-refractivity contribution in [3.63, 3.8) is 0 Å². The molecule has 1 saturated heterocycles. The lowest BCUT2D eigenvalue weighted by molar-refractivity contribution is -0.0337. The van der Waals surface area contributed by atoms with Crippen molar-refractivity contribution in [2.24, 2.45) is 5.73 Å². The molecule has 1 heterocycles. The molecule has 1 aliphatic heterocycles. The summed E-state index contributed by atoms with van der Waals surface area (Å²) in [5, 5.41) is 0. The van der Waals surface area contributed by atoms with Crippen molar-refractivity contribution in [2.75, 3.05) is 26.2 Å². The molecule has 100 valence electrons. The van der Waals surface area contributed by atoms with E-state index in [4.69, 9.17) is 10.5 Å². The number of hydrogen-bond acceptors (Lipinski definition) is 3. The van der Waals surface area contributed by atoms with Gasteiger partial charge in [-0.3, -0.25) is 4.90 Å². The van der Waals surface area contributed by atoms with Crippen LogP contribution in [0.5, 0.6) is 0 Å². The number of morpholine rings is 1. The van der Waals surface area contributed by atoms with Crippen LogP contribution in [0.3, 0.4) is 0 Å². The third kappa shape index (κ3) is 2.85. The highest BCUT2D eigenvalue weighted by atomic mass is 19.1. The molecule has 1 aliphatic rings. The van der Waals surface area contributed by atoms with E-state index < -0.39 is 11.6 Å². The molecule has 2 N–H and O–H groups in total.